The van der Waals surface area contributed by atoms with Gasteiger partial charge in [-0.05, 0) is 19.1 Å². The van der Waals surface area contributed by atoms with E-state index in [2.05, 4.69) is 4.98 Å². The van der Waals surface area contributed by atoms with Crippen molar-refractivity contribution >= 4 is 27.2 Å². The van der Waals surface area contributed by atoms with Crippen LogP contribution < -0.4 is 5.73 Å². The van der Waals surface area contributed by atoms with E-state index in [1.165, 1.54) is 11.3 Å². The molecule has 62 valence electrons. The Morgan fingerprint density at radius 1 is 1.50 bits per heavy atom. The van der Waals surface area contributed by atoms with Gasteiger partial charge in [-0.1, -0.05) is 0 Å². The number of halogens is 1. The molecule has 0 aliphatic rings. The van der Waals surface area contributed by atoms with Gasteiger partial charge in [0.1, 0.15) is 5.52 Å². The van der Waals surface area contributed by atoms with Crippen LogP contribution in [0.15, 0.2) is 12.1 Å². The molecule has 2 nitrogen and oxygen atoms in total. The van der Waals surface area contributed by atoms with Crippen molar-refractivity contribution in [1.29, 1.82) is 0 Å². The second kappa shape index (κ2) is 2.42. The SMILES string of the molecule is Cc1nc2c(F)c(N)ccc2s1. The van der Waals surface area contributed by atoms with Crippen LogP contribution in [0.2, 0.25) is 0 Å². The number of aryl methyl sites for hydroxylation is 1. The third-order valence-electron chi connectivity index (χ3n) is 1.64. The standard InChI is InChI=1S/C8H7FN2S/c1-4-11-8-6(12-4)3-2-5(10)7(8)9/h2-3H,10H2,1H3. The van der Waals surface area contributed by atoms with Crippen LogP contribution in [0.4, 0.5) is 10.1 Å². The molecule has 1 aromatic carbocycles. The molecule has 2 aromatic rings. The van der Waals surface area contributed by atoms with Gasteiger partial charge in [-0.2, -0.15) is 0 Å². The minimum Gasteiger partial charge on any atom is -0.396 e. The van der Waals surface area contributed by atoms with E-state index >= 15 is 0 Å². The number of hydrogen-bond donors (Lipinski definition) is 1. The molecule has 1 heterocycles. The maximum Gasteiger partial charge on any atom is 0.173 e. The molecule has 0 atom stereocenters. The minimum absolute atomic E-state index is 0.160. The minimum atomic E-state index is -0.406. The lowest BCUT2D eigenvalue weighted by Gasteiger charge is -1.94. The smallest absolute Gasteiger partial charge is 0.173 e. The summed E-state index contributed by atoms with van der Waals surface area (Å²) in [7, 11) is 0. The van der Waals surface area contributed by atoms with Crippen molar-refractivity contribution in [3.05, 3.63) is 23.0 Å². The molecule has 4 heteroatoms. The molecule has 0 saturated heterocycles. The second-order valence-corrected chi connectivity index (χ2v) is 3.78. The predicted octanol–water partition coefficient (Wildman–Crippen LogP) is 2.33. The van der Waals surface area contributed by atoms with Crippen molar-refractivity contribution in [2.75, 3.05) is 5.73 Å². The quantitative estimate of drug-likeness (QED) is 0.635. The topological polar surface area (TPSA) is 38.9 Å². The van der Waals surface area contributed by atoms with Crippen molar-refractivity contribution in [3.63, 3.8) is 0 Å². The van der Waals surface area contributed by atoms with E-state index in [0.29, 0.717) is 5.52 Å². The van der Waals surface area contributed by atoms with E-state index in [9.17, 15) is 4.39 Å². The van der Waals surface area contributed by atoms with Crippen molar-refractivity contribution < 1.29 is 4.39 Å². The van der Waals surface area contributed by atoms with Crippen LogP contribution in [0.5, 0.6) is 0 Å². The van der Waals surface area contributed by atoms with E-state index in [1.54, 1.807) is 12.1 Å². The fraction of sp³-hybridized carbons (Fsp3) is 0.125. The van der Waals surface area contributed by atoms with E-state index in [4.69, 9.17) is 5.73 Å². The molecule has 0 amide bonds. The number of thiazole rings is 1. The Labute approximate surface area is 72.8 Å². The molecule has 2 N–H and O–H groups in total. The van der Waals surface area contributed by atoms with E-state index in [0.717, 1.165) is 9.71 Å². The molecule has 0 unspecified atom stereocenters. The number of benzene rings is 1. The Balaban J connectivity index is 2.89. The average Bonchev–Trinajstić information content (AvgIpc) is 2.39. The summed E-state index contributed by atoms with van der Waals surface area (Å²) in [5.41, 5.74) is 5.93. The van der Waals surface area contributed by atoms with Crippen LogP contribution >= 0.6 is 11.3 Å². The van der Waals surface area contributed by atoms with Crippen LogP contribution in [0.3, 0.4) is 0 Å². The Hall–Kier alpha value is -1.16. The first kappa shape index (κ1) is 7.49. The molecule has 1 aromatic heterocycles. The van der Waals surface area contributed by atoms with Gasteiger partial charge in [0.25, 0.3) is 0 Å². The highest BCUT2D eigenvalue weighted by Gasteiger charge is 2.08. The first-order valence-electron chi connectivity index (χ1n) is 3.49. The van der Waals surface area contributed by atoms with Gasteiger partial charge in [0.2, 0.25) is 0 Å². The number of fused-ring (bicyclic) bond motifs is 1. The third kappa shape index (κ3) is 0.956. The molecule has 0 aliphatic heterocycles. The molecule has 2 rings (SSSR count). The highest BCUT2D eigenvalue weighted by Crippen LogP contribution is 2.26. The van der Waals surface area contributed by atoms with Crippen LogP contribution in [0.25, 0.3) is 10.2 Å². The molecule has 0 fully saturated rings. The summed E-state index contributed by atoms with van der Waals surface area (Å²) >= 11 is 1.47. The van der Waals surface area contributed by atoms with Crippen LogP contribution in [0, 0.1) is 12.7 Å². The molecular formula is C8H7FN2S. The summed E-state index contributed by atoms with van der Waals surface area (Å²) in [4.78, 5) is 4.04. The molecule has 0 saturated carbocycles. The Morgan fingerprint density at radius 2 is 2.25 bits per heavy atom. The Morgan fingerprint density at radius 3 is 3.00 bits per heavy atom. The van der Waals surface area contributed by atoms with Gasteiger partial charge in [-0.15, -0.1) is 11.3 Å². The number of anilines is 1. The molecule has 0 spiro atoms. The maximum atomic E-state index is 13.2. The Kier molecular flexibility index (Phi) is 1.51. The highest BCUT2D eigenvalue weighted by atomic mass is 32.1. The fourth-order valence-electron chi connectivity index (χ4n) is 1.09. The fourth-order valence-corrected chi connectivity index (χ4v) is 1.91. The Bertz CT molecular complexity index is 436. The summed E-state index contributed by atoms with van der Waals surface area (Å²) < 4.78 is 14.1. The van der Waals surface area contributed by atoms with Crippen molar-refractivity contribution in [2.24, 2.45) is 0 Å². The lowest BCUT2D eigenvalue weighted by atomic mass is 10.3. The normalized spacial score (nSPS) is 10.8. The molecular weight excluding hydrogens is 175 g/mol. The zero-order valence-electron chi connectivity index (χ0n) is 6.47. The summed E-state index contributed by atoms with van der Waals surface area (Å²) in [6.45, 7) is 1.85. The molecule has 0 radical (unpaired) electrons. The molecule has 0 bridgehead atoms. The first-order valence-corrected chi connectivity index (χ1v) is 4.31. The van der Waals surface area contributed by atoms with E-state index in [1.807, 2.05) is 6.92 Å². The van der Waals surface area contributed by atoms with Crippen LogP contribution in [-0.2, 0) is 0 Å². The van der Waals surface area contributed by atoms with Gasteiger partial charge in [-0.25, -0.2) is 9.37 Å². The van der Waals surface area contributed by atoms with E-state index < -0.39 is 5.82 Å². The van der Waals surface area contributed by atoms with Gasteiger partial charge in [-0.3, -0.25) is 0 Å². The van der Waals surface area contributed by atoms with Crippen molar-refractivity contribution in [2.45, 2.75) is 6.92 Å². The van der Waals surface area contributed by atoms with Gasteiger partial charge < -0.3 is 5.73 Å². The van der Waals surface area contributed by atoms with Crippen LogP contribution in [-0.4, -0.2) is 4.98 Å². The second-order valence-electron chi connectivity index (χ2n) is 2.55. The van der Waals surface area contributed by atoms with Crippen molar-refractivity contribution in [3.8, 4) is 0 Å². The van der Waals surface area contributed by atoms with E-state index in [-0.39, 0.29) is 5.69 Å². The monoisotopic (exact) mass is 182 g/mol. The largest absolute Gasteiger partial charge is 0.396 e. The third-order valence-corrected chi connectivity index (χ3v) is 2.57. The molecule has 12 heavy (non-hydrogen) atoms. The zero-order chi connectivity index (χ0) is 8.72. The number of hydrogen-bond acceptors (Lipinski definition) is 3. The first-order chi connectivity index (χ1) is 5.68. The number of nitrogens with two attached hydrogens (primary N) is 1. The van der Waals surface area contributed by atoms with Crippen molar-refractivity contribution in [1.82, 2.24) is 4.98 Å². The average molecular weight is 182 g/mol. The van der Waals surface area contributed by atoms with Crippen LogP contribution in [0.1, 0.15) is 5.01 Å². The van der Waals surface area contributed by atoms with Gasteiger partial charge in [0.05, 0.1) is 15.4 Å². The number of aromatic nitrogens is 1. The maximum absolute atomic E-state index is 13.2. The lowest BCUT2D eigenvalue weighted by molar-refractivity contribution is 0.641. The summed E-state index contributed by atoms with van der Waals surface area (Å²) in [6.07, 6.45) is 0. The zero-order valence-corrected chi connectivity index (χ0v) is 7.28. The number of nitrogens with zero attached hydrogens (tertiary/aromatic N) is 1. The summed E-state index contributed by atoms with van der Waals surface area (Å²) in [5.74, 6) is -0.406. The number of rotatable bonds is 0. The van der Waals surface area contributed by atoms with Gasteiger partial charge in [0.15, 0.2) is 5.82 Å². The van der Waals surface area contributed by atoms with Gasteiger partial charge in [0, 0.05) is 0 Å². The summed E-state index contributed by atoms with van der Waals surface area (Å²) in [6, 6.07) is 3.35. The highest BCUT2D eigenvalue weighted by molar-refractivity contribution is 7.18. The predicted molar refractivity (Wildman–Crippen MR) is 48.7 cm³/mol. The molecule has 0 aliphatic carbocycles. The lowest BCUT2D eigenvalue weighted by Crippen LogP contribution is -1.90. The summed E-state index contributed by atoms with van der Waals surface area (Å²) in [5, 5.41) is 0.856. The number of nitrogen functional groups attached to an aromatic ring is 1. The van der Waals surface area contributed by atoms with Gasteiger partial charge >= 0.3 is 0 Å².